The third kappa shape index (κ3) is 5.32. The van der Waals surface area contributed by atoms with Crippen LogP contribution in [-0.2, 0) is 9.47 Å². The van der Waals surface area contributed by atoms with Gasteiger partial charge >= 0.3 is 0 Å². The van der Waals surface area contributed by atoms with Gasteiger partial charge in [0.05, 0.1) is 19.3 Å². The molecule has 152 valence electrons. The summed E-state index contributed by atoms with van der Waals surface area (Å²) in [4.78, 5) is 20.7. The molecule has 1 aliphatic rings. The van der Waals surface area contributed by atoms with E-state index in [1.54, 1.807) is 13.3 Å². The van der Waals surface area contributed by atoms with Crippen LogP contribution in [-0.4, -0.2) is 52.9 Å². The molecule has 2 heterocycles. The molecule has 7 nitrogen and oxygen atoms in total. The molecule has 0 aliphatic heterocycles. The molecule has 0 unspecified atom stereocenters. The zero-order valence-corrected chi connectivity index (χ0v) is 15.7. The fourth-order valence-electron chi connectivity index (χ4n) is 3.24. The van der Waals surface area contributed by atoms with Crippen LogP contribution in [0.25, 0.3) is 5.82 Å². The number of aromatic nitrogens is 3. The van der Waals surface area contributed by atoms with Gasteiger partial charge in [-0.3, -0.25) is 9.36 Å². The predicted octanol–water partition coefficient (Wildman–Crippen LogP) is 2.91. The largest absolute Gasteiger partial charge is 0.382 e. The maximum absolute atomic E-state index is 13.3. The van der Waals surface area contributed by atoms with Crippen molar-refractivity contribution in [2.75, 3.05) is 20.3 Å². The van der Waals surface area contributed by atoms with Crippen LogP contribution in [0.4, 0.5) is 8.78 Å². The minimum atomic E-state index is -2.70. The summed E-state index contributed by atoms with van der Waals surface area (Å²) in [6.07, 6.45) is 5.22. The number of nitrogens with one attached hydrogen (secondary N) is 1. The Morgan fingerprint density at radius 3 is 2.71 bits per heavy atom. The Hall–Kier alpha value is -2.39. The molecule has 0 spiro atoms. The van der Waals surface area contributed by atoms with Gasteiger partial charge in [0.2, 0.25) is 0 Å². The van der Waals surface area contributed by atoms with E-state index < -0.39 is 12.3 Å². The average molecular weight is 394 g/mol. The molecule has 0 radical (unpaired) electrons. The fourth-order valence-corrected chi connectivity index (χ4v) is 3.24. The van der Waals surface area contributed by atoms with Gasteiger partial charge in [0.1, 0.15) is 17.8 Å². The number of nitrogens with zero attached hydrogens (tertiary/aromatic N) is 3. The van der Waals surface area contributed by atoms with Gasteiger partial charge in [-0.05, 0) is 37.8 Å². The van der Waals surface area contributed by atoms with Crippen molar-refractivity contribution in [2.24, 2.45) is 0 Å². The second-order valence-corrected chi connectivity index (χ2v) is 6.73. The Morgan fingerprint density at radius 1 is 1.29 bits per heavy atom. The van der Waals surface area contributed by atoms with Crippen LogP contribution in [0.3, 0.4) is 0 Å². The van der Waals surface area contributed by atoms with E-state index >= 15 is 0 Å². The molecule has 1 amide bonds. The number of hydrogen-bond donors (Lipinski definition) is 1. The third-order valence-corrected chi connectivity index (χ3v) is 4.74. The summed E-state index contributed by atoms with van der Waals surface area (Å²) in [7, 11) is 1.63. The van der Waals surface area contributed by atoms with Crippen molar-refractivity contribution in [1.29, 1.82) is 0 Å². The van der Waals surface area contributed by atoms with Crippen molar-refractivity contribution in [2.45, 2.75) is 44.3 Å². The van der Waals surface area contributed by atoms with Gasteiger partial charge in [-0.15, -0.1) is 0 Å². The number of pyridine rings is 1. The van der Waals surface area contributed by atoms with Gasteiger partial charge in [0.15, 0.2) is 0 Å². The molecule has 28 heavy (non-hydrogen) atoms. The maximum Gasteiger partial charge on any atom is 0.270 e. The van der Waals surface area contributed by atoms with E-state index in [0.29, 0.717) is 13.2 Å². The second kappa shape index (κ2) is 9.70. The lowest BCUT2D eigenvalue weighted by Crippen LogP contribution is -2.39. The molecule has 9 heteroatoms. The predicted molar refractivity (Wildman–Crippen MR) is 97.7 cm³/mol. The van der Waals surface area contributed by atoms with Gasteiger partial charge in [0, 0.05) is 31.1 Å². The maximum atomic E-state index is 13.3. The molecule has 1 saturated carbocycles. The van der Waals surface area contributed by atoms with Gasteiger partial charge in [-0.25, -0.2) is 18.7 Å². The van der Waals surface area contributed by atoms with Crippen molar-refractivity contribution in [3.8, 4) is 5.82 Å². The molecular weight excluding hydrogens is 370 g/mol. The Balaban J connectivity index is 1.63. The first kappa shape index (κ1) is 20.3. The molecule has 0 bridgehead atoms. The highest BCUT2D eigenvalue weighted by molar-refractivity contribution is 5.92. The summed E-state index contributed by atoms with van der Waals surface area (Å²) >= 11 is 0. The first-order valence-corrected chi connectivity index (χ1v) is 9.26. The Morgan fingerprint density at radius 2 is 2.07 bits per heavy atom. The standard InChI is InChI=1S/C19H24F2N4O3/c1-27-8-9-28-15-4-2-14(3-5-15)23-19(26)16-10-13(18(20)21)11-17(24-16)25-7-6-22-12-25/h6-7,10-12,14-15,18H,2-5,8-9H2,1H3,(H,23,26). The third-order valence-electron chi connectivity index (χ3n) is 4.74. The summed E-state index contributed by atoms with van der Waals surface area (Å²) in [5.41, 5.74) is -0.279. The minimum absolute atomic E-state index is 0.0246. The van der Waals surface area contributed by atoms with Gasteiger partial charge in [-0.2, -0.15) is 0 Å². The zero-order valence-electron chi connectivity index (χ0n) is 15.7. The lowest BCUT2D eigenvalue weighted by atomic mass is 9.93. The summed E-state index contributed by atoms with van der Waals surface area (Å²) in [6.45, 7) is 1.11. The lowest BCUT2D eigenvalue weighted by molar-refractivity contribution is -0.00409. The second-order valence-electron chi connectivity index (χ2n) is 6.73. The molecular formula is C19H24F2N4O3. The highest BCUT2D eigenvalue weighted by Crippen LogP contribution is 2.23. The number of ether oxygens (including phenoxy) is 2. The number of methoxy groups -OCH3 is 1. The molecule has 1 N–H and O–H groups in total. The van der Waals surface area contributed by atoms with Gasteiger partial charge in [-0.1, -0.05) is 0 Å². The van der Waals surface area contributed by atoms with E-state index in [0.717, 1.165) is 31.7 Å². The summed E-state index contributed by atoms with van der Waals surface area (Å²) in [5, 5.41) is 2.91. The molecule has 0 saturated heterocycles. The van der Waals surface area contributed by atoms with E-state index in [4.69, 9.17) is 9.47 Å². The molecule has 2 aromatic heterocycles. The Kier molecular flexibility index (Phi) is 7.05. The van der Waals surface area contributed by atoms with Crippen LogP contribution in [0.5, 0.6) is 0 Å². The number of imidazole rings is 1. The van der Waals surface area contributed by atoms with Crippen molar-refractivity contribution >= 4 is 5.91 Å². The fraction of sp³-hybridized carbons (Fsp3) is 0.526. The molecule has 1 aliphatic carbocycles. The Bertz CT molecular complexity index is 763. The van der Waals surface area contributed by atoms with Gasteiger partial charge < -0.3 is 14.8 Å². The van der Waals surface area contributed by atoms with E-state index in [9.17, 15) is 13.6 Å². The number of alkyl halides is 2. The van der Waals surface area contributed by atoms with Crippen LogP contribution in [0.15, 0.2) is 30.9 Å². The number of carbonyl (C=O) groups is 1. The monoisotopic (exact) mass is 394 g/mol. The van der Waals surface area contributed by atoms with Gasteiger partial charge in [0.25, 0.3) is 12.3 Å². The van der Waals surface area contributed by atoms with E-state index in [1.807, 2.05) is 0 Å². The van der Waals surface area contributed by atoms with Crippen molar-refractivity contribution < 1.29 is 23.0 Å². The molecule has 2 aromatic rings. The smallest absolute Gasteiger partial charge is 0.270 e. The van der Waals surface area contributed by atoms with Crippen LogP contribution in [0, 0.1) is 0 Å². The van der Waals surface area contributed by atoms with Crippen LogP contribution in [0.1, 0.15) is 48.2 Å². The lowest BCUT2D eigenvalue weighted by Gasteiger charge is -2.29. The first-order chi connectivity index (χ1) is 13.6. The van der Waals surface area contributed by atoms with E-state index in [2.05, 4.69) is 15.3 Å². The SMILES string of the molecule is COCCOC1CCC(NC(=O)c2cc(C(F)F)cc(-n3ccnc3)n2)CC1. The topological polar surface area (TPSA) is 78.3 Å². The molecule has 0 atom stereocenters. The van der Waals surface area contributed by atoms with Crippen molar-refractivity contribution in [3.05, 3.63) is 42.1 Å². The number of carbonyl (C=O) groups excluding carboxylic acids is 1. The Labute approximate surface area is 162 Å². The van der Waals surface area contributed by atoms with Crippen molar-refractivity contribution in [3.63, 3.8) is 0 Å². The molecule has 3 rings (SSSR count). The first-order valence-electron chi connectivity index (χ1n) is 9.26. The van der Waals surface area contributed by atoms with Crippen LogP contribution < -0.4 is 5.32 Å². The number of halogens is 2. The quantitative estimate of drug-likeness (QED) is 0.697. The summed E-state index contributed by atoms with van der Waals surface area (Å²) in [6, 6.07) is 2.37. The highest BCUT2D eigenvalue weighted by atomic mass is 19.3. The zero-order chi connectivity index (χ0) is 19.9. The summed E-state index contributed by atoms with van der Waals surface area (Å²) in [5.74, 6) is -0.219. The highest BCUT2D eigenvalue weighted by Gasteiger charge is 2.24. The average Bonchev–Trinajstić information content (AvgIpc) is 3.24. The molecule has 0 aromatic carbocycles. The minimum Gasteiger partial charge on any atom is -0.382 e. The normalized spacial score (nSPS) is 19.7. The number of amides is 1. The molecule has 1 fully saturated rings. The van der Waals surface area contributed by atoms with E-state index in [1.165, 1.54) is 23.2 Å². The number of rotatable bonds is 8. The summed E-state index contributed by atoms with van der Waals surface area (Å²) < 4.78 is 38.7. The number of hydrogen-bond acceptors (Lipinski definition) is 5. The van der Waals surface area contributed by atoms with E-state index in [-0.39, 0.29) is 29.2 Å². The van der Waals surface area contributed by atoms with Crippen LogP contribution in [0.2, 0.25) is 0 Å². The van der Waals surface area contributed by atoms with Crippen LogP contribution >= 0.6 is 0 Å². The van der Waals surface area contributed by atoms with Crippen molar-refractivity contribution in [1.82, 2.24) is 19.9 Å².